The highest BCUT2D eigenvalue weighted by Gasteiger charge is 2.29. The van der Waals surface area contributed by atoms with E-state index in [0.717, 1.165) is 5.69 Å². The summed E-state index contributed by atoms with van der Waals surface area (Å²) in [7, 11) is 0. The Hall–Kier alpha value is -5.07. The van der Waals surface area contributed by atoms with E-state index in [9.17, 15) is 14.4 Å². The van der Waals surface area contributed by atoms with Gasteiger partial charge in [0, 0.05) is 37.1 Å². The third-order valence-electron chi connectivity index (χ3n) is 6.26. The number of aryl methyl sites for hydroxylation is 2. The Kier molecular flexibility index (Phi) is 7.04. The molecule has 4 aromatic rings. The van der Waals surface area contributed by atoms with E-state index in [4.69, 9.17) is 10.5 Å². The van der Waals surface area contributed by atoms with E-state index in [1.807, 2.05) is 18.4 Å². The van der Waals surface area contributed by atoms with Crippen molar-refractivity contribution >= 4 is 40.8 Å². The monoisotopic (exact) mass is 529 g/mol. The van der Waals surface area contributed by atoms with Gasteiger partial charge in [0.15, 0.2) is 0 Å². The van der Waals surface area contributed by atoms with Gasteiger partial charge in [-0.2, -0.15) is 5.10 Å². The number of carbonyl (C=O) groups excluding carboxylic acids is 3. The number of nitrogens with one attached hydrogen (secondary N) is 2. The lowest BCUT2D eigenvalue weighted by atomic mass is 10.1. The molecule has 0 saturated heterocycles. The molecule has 0 aliphatic carbocycles. The highest BCUT2D eigenvalue weighted by Crippen LogP contribution is 2.38. The average molecular weight is 530 g/mol. The fourth-order valence-corrected chi connectivity index (χ4v) is 4.48. The number of anilines is 1. The molecule has 0 spiro atoms. The van der Waals surface area contributed by atoms with Crippen molar-refractivity contribution in [3.05, 3.63) is 65.5 Å². The first-order valence-corrected chi connectivity index (χ1v) is 12.4. The minimum Gasteiger partial charge on any atom is -0.489 e. The first-order valence-electron chi connectivity index (χ1n) is 12.4. The van der Waals surface area contributed by atoms with Crippen LogP contribution in [0, 0.1) is 6.92 Å². The lowest BCUT2D eigenvalue weighted by Crippen LogP contribution is -2.30. The quantitative estimate of drug-likeness (QED) is 0.276. The zero-order valence-corrected chi connectivity index (χ0v) is 21.4. The van der Waals surface area contributed by atoms with Gasteiger partial charge in [0.05, 0.1) is 29.1 Å². The summed E-state index contributed by atoms with van der Waals surface area (Å²) in [6, 6.07) is 4.58. The van der Waals surface area contributed by atoms with Crippen LogP contribution in [0.4, 0.5) is 5.95 Å². The van der Waals surface area contributed by atoms with Crippen molar-refractivity contribution < 1.29 is 19.1 Å². The van der Waals surface area contributed by atoms with Gasteiger partial charge in [-0.1, -0.05) is 0 Å². The van der Waals surface area contributed by atoms with Crippen LogP contribution in [-0.4, -0.2) is 60.2 Å². The number of ether oxygens (including phenoxy) is 1. The summed E-state index contributed by atoms with van der Waals surface area (Å²) >= 11 is 0. The minimum atomic E-state index is -0.612. The molecule has 3 amide bonds. The number of rotatable bonds is 9. The van der Waals surface area contributed by atoms with Crippen LogP contribution in [-0.2, 0) is 11.3 Å². The van der Waals surface area contributed by atoms with E-state index < -0.39 is 5.91 Å². The van der Waals surface area contributed by atoms with Gasteiger partial charge in [0.25, 0.3) is 5.91 Å². The largest absolute Gasteiger partial charge is 0.489 e. The molecule has 0 unspecified atom stereocenters. The molecule has 1 atom stereocenters. The van der Waals surface area contributed by atoms with Crippen molar-refractivity contribution in [3.8, 4) is 5.75 Å². The molecule has 39 heavy (non-hydrogen) atoms. The molecule has 200 valence electrons. The van der Waals surface area contributed by atoms with Gasteiger partial charge in [-0.05, 0) is 44.5 Å². The van der Waals surface area contributed by atoms with Crippen LogP contribution < -0.4 is 21.1 Å². The third kappa shape index (κ3) is 5.32. The molecule has 1 aromatic carbocycles. The van der Waals surface area contributed by atoms with E-state index in [1.54, 1.807) is 47.5 Å². The van der Waals surface area contributed by atoms with Gasteiger partial charge in [0.2, 0.25) is 17.8 Å². The Balaban J connectivity index is 1.39. The lowest BCUT2D eigenvalue weighted by Gasteiger charge is -2.27. The molecule has 0 radical (unpaired) electrons. The van der Waals surface area contributed by atoms with Crippen molar-refractivity contribution in [2.24, 2.45) is 5.73 Å². The smallest absolute Gasteiger partial charge is 0.276 e. The molecule has 1 aliphatic heterocycles. The summed E-state index contributed by atoms with van der Waals surface area (Å²) in [6.07, 6.45) is 8.11. The van der Waals surface area contributed by atoms with E-state index in [0.29, 0.717) is 53.6 Å². The molecule has 0 saturated carbocycles. The van der Waals surface area contributed by atoms with Crippen molar-refractivity contribution in [3.63, 3.8) is 0 Å². The number of carbonyl (C=O) groups is 3. The second-order valence-electron chi connectivity index (χ2n) is 8.96. The number of imidazole rings is 1. The van der Waals surface area contributed by atoms with Gasteiger partial charge in [-0.25, -0.2) is 4.98 Å². The number of aromatic nitrogens is 6. The zero-order chi connectivity index (χ0) is 27.5. The SMILES string of the molecule is CCn1nc(C)cc1C(=O)Nc1nc2cc(C(N)=O)cc3c2n1[C@@H](CCNC(=O)/C=C/c1cnccn1)CO3. The van der Waals surface area contributed by atoms with Crippen molar-refractivity contribution in [2.45, 2.75) is 32.9 Å². The number of hydrogen-bond acceptors (Lipinski definition) is 8. The molecule has 0 fully saturated rings. The van der Waals surface area contributed by atoms with Crippen LogP contribution in [0.25, 0.3) is 17.1 Å². The molecule has 4 N–H and O–H groups in total. The van der Waals surface area contributed by atoms with Crippen molar-refractivity contribution in [2.75, 3.05) is 18.5 Å². The number of hydrogen-bond donors (Lipinski definition) is 3. The van der Waals surface area contributed by atoms with Crippen LogP contribution in [0.3, 0.4) is 0 Å². The standard InChI is InChI=1S/C26H27N9O4/c1-3-34-20(10-15(2)33-34)25(38)32-26-31-19-11-16(24(27)37)12-21-23(19)35(26)18(14-39-21)6-7-30-22(36)5-4-17-13-28-8-9-29-17/h4-5,8-13,18H,3,6-7,14H2,1-2H3,(H2,27,37)(H,30,36)(H,31,32,38)/b5-4+/t18-/m0/s1. The predicted molar refractivity (Wildman–Crippen MR) is 142 cm³/mol. The molecule has 3 aromatic heterocycles. The predicted octanol–water partition coefficient (Wildman–Crippen LogP) is 1.86. The lowest BCUT2D eigenvalue weighted by molar-refractivity contribution is -0.116. The van der Waals surface area contributed by atoms with Crippen LogP contribution in [0.5, 0.6) is 5.75 Å². The summed E-state index contributed by atoms with van der Waals surface area (Å²) in [5.41, 5.74) is 8.53. The van der Waals surface area contributed by atoms with E-state index in [1.165, 1.54) is 6.08 Å². The van der Waals surface area contributed by atoms with Crippen molar-refractivity contribution in [1.29, 1.82) is 0 Å². The van der Waals surface area contributed by atoms with Gasteiger partial charge in [-0.3, -0.25) is 34.4 Å². The second-order valence-corrected chi connectivity index (χ2v) is 8.96. The first kappa shape index (κ1) is 25.6. The summed E-state index contributed by atoms with van der Waals surface area (Å²) in [5.74, 6) is -0.527. The number of nitrogens with two attached hydrogens (primary N) is 1. The van der Waals surface area contributed by atoms with Gasteiger partial charge < -0.3 is 20.4 Å². The van der Waals surface area contributed by atoms with E-state index >= 15 is 0 Å². The molecule has 5 rings (SSSR count). The Morgan fingerprint density at radius 3 is 2.82 bits per heavy atom. The average Bonchev–Trinajstić information content (AvgIpc) is 3.50. The number of benzene rings is 1. The number of nitrogens with zero attached hydrogens (tertiary/aromatic N) is 6. The fraction of sp³-hybridized carbons (Fsp3) is 0.269. The maximum absolute atomic E-state index is 13.2. The summed E-state index contributed by atoms with van der Waals surface area (Å²) in [4.78, 5) is 50.1. The molecular weight excluding hydrogens is 502 g/mol. The van der Waals surface area contributed by atoms with Gasteiger partial charge in [0.1, 0.15) is 23.6 Å². The molecule has 13 nitrogen and oxygen atoms in total. The van der Waals surface area contributed by atoms with Crippen LogP contribution in [0.1, 0.15) is 51.6 Å². The van der Waals surface area contributed by atoms with Gasteiger partial charge >= 0.3 is 0 Å². The van der Waals surface area contributed by atoms with Crippen LogP contribution in [0.2, 0.25) is 0 Å². The van der Waals surface area contributed by atoms with E-state index in [2.05, 4.69) is 30.7 Å². The molecule has 0 bridgehead atoms. The second kappa shape index (κ2) is 10.7. The maximum Gasteiger partial charge on any atom is 0.276 e. The summed E-state index contributed by atoms with van der Waals surface area (Å²) in [5, 5.41) is 10.1. The highest BCUT2D eigenvalue weighted by atomic mass is 16.5. The summed E-state index contributed by atoms with van der Waals surface area (Å²) < 4.78 is 9.46. The van der Waals surface area contributed by atoms with E-state index in [-0.39, 0.29) is 30.0 Å². The maximum atomic E-state index is 13.2. The highest BCUT2D eigenvalue weighted by molar-refractivity contribution is 6.04. The Labute approximate surface area is 223 Å². The Morgan fingerprint density at radius 1 is 1.23 bits per heavy atom. The first-order chi connectivity index (χ1) is 18.8. The molecule has 4 heterocycles. The zero-order valence-electron chi connectivity index (χ0n) is 21.4. The third-order valence-corrected chi connectivity index (χ3v) is 6.26. The fourth-order valence-electron chi connectivity index (χ4n) is 4.48. The Bertz CT molecular complexity index is 1590. The van der Waals surface area contributed by atoms with Crippen molar-refractivity contribution in [1.82, 2.24) is 34.6 Å². The molecule has 1 aliphatic rings. The van der Waals surface area contributed by atoms with Crippen LogP contribution in [0.15, 0.2) is 42.9 Å². The topological polar surface area (TPSA) is 172 Å². The molecule has 13 heteroatoms. The van der Waals surface area contributed by atoms with Gasteiger partial charge in [-0.15, -0.1) is 0 Å². The normalized spacial score (nSPS) is 14.4. The number of amides is 3. The minimum absolute atomic E-state index is 0.237. The summed E-state index contributed by atoms with van der Waals surface area (Å²) in [6.45, 7) is 4.82. The van der Waals surface area contributed by atoms with Crippen LogP contribution >= 0.6 is 0 Å². The Morgan fingerprint density at radius 2 is 2.08 bits per heavy atom. The molecular formula is C26H27N9O4. The number of primary amides is 1.